The Labute approximate surface area is 163 Å². The fraction of sp³-hybridized carbons (Fsp3) is 0.100. The Morgan fingerprint density at radius 3 is 1.04 bits per heavy atom. The van der Waals surface area contributed by atoms with Gasteiger partial charge in [0.05, 0.1) is 0 Å². The normalized spacial score (nSPS) is 12.6. The molecule has 0 aromatic heterocycles. The Bertz CT molecular complexity index is 879. The van der Waals surface area contributed by atoms with Gasteiger partial charge in [0, 0.05) is 0 Å². The Kier molecular flexibility index (Phi) is 6.92. The van der Waals surface area contributed by atoms with E-state index in [0.717, 1.165) is 0 Å². The molecule has 3 nitrogen and oxygen atoms in total. The minimum absolute atomic E-state index is 1.18. The van der Waals surface area contributed by atoms with Gasteiger partial charge in [0.2, 0.25) is 0 Å². The average Bonchev–Trinajstić information content (AvgIpc) is 2.68. The van der Waals surface area contributed by atoms with Gasteiger partial charge < -0.3 is 0 Å². The Morgan fingerprint density at radius 2 is 0.857 bits per heavy atom. The second-order valence-corrected chi connectivity index (χ2v) is 10.4. The lowest BCUT2D eigenvalue weighted by molar-refractivity contribution is -0.0510. The van der Waals surface area contributed by atoms with Gasteiger partial charge in [-0.3, -0.25) is 4.55 Å². The summed E-state index contributed by atoms with van der Waals surface area (Å²) in [6.07, 6.45) is 2.38. The lowest BCUT2D eigenvalue weighted by Crippen LogP contribution is -2.21. The van der Waals surface area contributed by atoms with Crippen molar-refractivity contribution in [1.82, 2.24) is 0 Å². The third-order valence-corrected chi connectivity index (χ3v) is 8.17. The molecule has 1 N–H and O–H groups in total. The number of hydrogen-bond acceptors (Lipinski definition) is 2. The van der Waals surface area contributed by atoms with E-state index in [1.807, 2.05) is 0 Å². The Balaban J connectivity index is 0.000000300. The van der Waals surface area contributed by atoms with Gasteiger partial charge in [-0.05, 0) is 57.3 Å². The Hall–Kier alpha value is -2.29. The first-order valence-electron chi connectivity index (χ1n) is 8.04. The van der Waals surface area contributed by atoms with Crippen LogP contribution in [0.1, 0.15) is 0 Å². The summed E-state index contributed by atoms with van der Waals surface area (Å²) in [7, 11) is -7.02. The second-order valence-electron chi connectivity index (χ2n) is 5.78. The summed E-state index contributed by atoms with van der Waals surface area (Å²) in [4.78, 5) is 4.20. The topological polar surface area (TPSA) is 54.4 Å². The van der Waals surface area contributed by atoms with Gasteiger partial charge in [0.15, 0.2) is 0 Å². The summed E-state index contributed by atoms with van der Waals surface area (Å²) in [5.41, 5.74) is -5.53. The highest BCUT2D eigenvalue weighted by molar-refractivity contribution is 8.33. The van der Waals surface area contributed by atoms with Crippen LogP contribution in [-0.2, 0) is 10.1 Å². The molecule has 0 saturated heterocycles. The summed E-state index contributed by atoms with van der Waals surface area (Å²) in [5.74, 6) is 0. The zero-order valence-corrected chi connectivity index (χ0v) is 16.5. The second kappa shape index (κ2) is 8.81. The zero-order chi connectivity index (χ0) is 20.8. The van der Waals surface area contributed by atoms with Gasteiger partial charge in [0.25, 0.3) is 0 Å². The smallest absolute Gasteiger partial charge is 0.279 e. The molecule has 0 bridgehead atoms. The number of alkyl halides is 3. The molecule has 150 valence electrons. The number of benzene rings is 3. The highest BCUT2D eigenvalue weighted by atomic mass is 32.3. The predicted molar refractivity (Wildman–Crippen MR) is 105 cm³/mol. The van der Waals surface area contributed by atoms with Crippen molar-refractivity contribution in [2.24, 2.45) is 0 Å². The van der Waals surface area contributed by atoms with E-state index in [4.69, 9.17) is 13.0 Å². The van der Waals surface area contributed by atoms with Crippen LogP contribution in [0.2, 0.25) is 0 Å². The van der Waals surface area contributed by atoms with E-state index in [-0.39, 0.29) is 0 Å². The third-order valence-electron chi connectivity index (χ3n) is 3.94. The van der Waals surface area contributed by atoms with Gasteiger partial charge in [-0.15, -0.1) is 0 Å². The molecular formula is C20H19F3O3S2. The van der Waals surface area contributed by atoms with Crippen LogP contribution in [0, 0.1) is 0 Å². The highest BCUT2D eigenvalue weighted by Gasteiger charge is 2.44. The molecule has 0 radical (unpaired) electrons. The van der Waals surface area contributed by atoms with Crippen molar-refractivity contribution in [2.75, 3.05) is 6.26 Å². The summed E-state index contributed by atoms with van der Waals surface area (Å²) in [5, 5.41) is 0. The molecule has 8 heteroatoms. The van der Waals surface area contributed by atoms with Crippen LogP contribution >= 0.6 is 10.0 Å². The maximum atomic E-state index is 10.7. The molecule has 0 aliphatic carbocycles. The van der Waals surface area contributed by atoms with Crippen LogP contribution in [0.4, 0.5) is 13.2 Å². The minimum atomic E-state index is -5.84. The van der Waals surface area contributed by atoms with Crippen molar-refractivity contribution >= 4 is 20.1 Å². The lowest BCUT2D eigenvalue weighted by atomic mass is 10.4. The first-order valence-corrected chi connectivity index (χ1v) is 11.5. The zero-order valence-electron chi connectivity index (χ0n) is 14.9. The van der Waals surface area contributed by atoms with Crippen LogP contribution in [0.15, 0.2) is 106 Å². The number of halogens is 3. The lowest BCUT2D eigenvalue weighted by Gasteiger charge is -2.37. The van der Waals surface area contributed by atoms with Gasteiger partial charge in [-0.2, -0.15) is 31.6 Å². The molecule has 3 aromatic carbocycles. The predicted octanol–water partition coefficient (Wildman–Crippen LogP) is 5.99. The molecule has 0 heterocycles. The monoisotopic (exact) mass is 428 g/mol. The van der Waals surface area contributed by atoms with Crippen molar-refractivity contribution in [1.29, 1.82) is 0 Å². The van der Waals surface area contributed by atoms with Gasteiger partial charge in [0.1, 0.15) is 0 Å². The van der Waals surface area contributed by atoms with E-state index in [9.17, 15) is 13.2 Å². The Morgan fingerprint density at radius 1 is 0.643 bits per heavy atom. The first-order chi connectivity index (χ1) is 13.1. The van der Waals surface area contributed by atoms with E-state index in [0.29, 0.717) is 0 Å². The molecule has 3 aromatic rings. The van der Waals surface area contributed by atoms with Crippen LogP contribution in [0.3, 0.4) is 0 Å². The number of hydrogen-bond donors (Lipinski definition) is 1. The summed E-state index contributed by atoms with van der Waals surface area (Å²) in [6, 6.07) is 32.5. The maximum Gasteiger partial charge on any atom is 0.522 e. The summed E-state index contributed by atoms with van der Waals surface area (Å²) < 4.78 is 57.5. The molecule has 0 unspecified atom stereocenters. The molecule has 3 rings (SSSR count). The van der Waals surface area contributed by atoms with Crippen LogP contribution in [0.5, 0.6) is 0 Å². The van der Waals surface area contributed by atoms with Crippen molar-refractivity contribution in [3.8, 4) is 0 Å². The standard InChI is InChI=1S/C19H18S.CHF3O3S/c1-20(17-11-5-2-6-12-17,18-13-7-3-8-14-18)19-15-9-4-10-16-19;2-1(3,4)8(5,6)7/h2-16H,1H3;(H,5,6,7). The molecule has 0 atom stereocenters. The maximum absolute atomic E-state index is 10.7. The molecule has 0 spiro atoms. The fourth-order valence-corrected chi connectivity index (χ4v) is 5.41. The quantitative estimate of drug-likeness (QED) is 0.412. The fourth-order valence-electron chi connectivity index (χ4n) is 2.49. The molecule has 0 aliphatic rings. The molecular weight excluding hydrogens is 409 g/mol. The first kappa shape index (κ1) is 22.0. The van der Waals surface area contributed by atoms with E-state index in [1.165, 1.54) is 14.7 Å². The van der Waals surface area contributed by atoms with Crippen molar-refractivity contribution < 1.29 is 26.1 Å². The molecule has 0 aliphatic heterocycles. The average molecular weight is 428 g/mol. The van der Waals surface area contributed by atoms with Gasteiger partial charge >= 0.3 is 15.6 Å². The van der Waals surface area contributed by atoms with Crippen LogP contribution in [-0.4, -0.2) is 24.7 Å². The van der Waals surface area contributed by atoms with Crippen molar-refractivity contribution in [3.63, 3.8) is 0 Å². The van der Waals surface area contributed by atoms with E-state index < -0.39 is 25.7 Å². The van der Waals surface area contributed by atoms with Crippen LogP contribution < -0.4 is 0 Å². The third kappa shape index (κ3) is 5.15. The minimum Gasteiger partial charge on any atom is -0.279 e. The van der Waals surface area contributed by atoms with Crippen molar-refractivity contribution in [2.45, 2.75) is 20.2 Å². The highest BCUT2D eigenvalue weighted by Crippen LogP contribution is 2.65. The molecule has 28 heavy (non-hydrogen) atoms. The SMILES string of the molecule is CS(c1ccccc1)(c1ccccc1)c1ccccc1.O=S(=O)(O)C(F)(F)F. The summed E-state index contributed by atoms with van der Waals surface area (Å²) >= 11 is 0. The molecule has 0 fully saturated rings. The van der Waals surface area contributed by atoms with Gasteiger partial charge in [-0.25, -0.2) is 0 Å². The summed E-state index contributed by atoms with van der Waals surface area (Å²) in [6.45, 7) is 0. The van der Waals surface area contributed by atoms with E-state index in [2.05, 4.69) is 97.3 Å². The van der Waals surface area contributed by atoms with Gasteiger partial charge in [-0.1, -0.05) is 54.6 Å². The number of rotatable bonds is 3. The largest absolute Gasteiger partial charge is 0.522 e. The van der Waals surface area contributed by atoms with Crippen molar-refractivity contribution in [3.05, 3.63) is 91.0 Å². The van der Waals surface area contributed by atoms with Crippen LogP contribution in [0.25, 0.3) is 0 Å². The molecule has 0 saturated carbocycles. The molecule has 0 amide bonds. The van der Waals surface area contributed by atoms with E-state index in [1.54, 1.807) is 0 Å². The van der Waals surface area contributed by atoms with E-state index >= 15 is 0 Å².